The molecule has 1 heterocycles. The van der Waals surface area contributed by atoms with E-state index in [4.69, 9.17) is 10.8 Å². The summed E-state index contributed by atoms with van der Waals surface area (Å²) in [6, 6.07) is 6.16. The monoisotopic (exact) mass is 278 g/mol. The molecule has 3 amide bonds. The number of nitrogens with zero attached hydrogens (tertiary/aromatic N) is 1. The van der Waals surface area contributed by atoms with E-state index < -0.39 is 23.6 Å². The number of benzene rings is 1. The molecule has 1 saturated heterocycles. The van der Waals surface area contributed by atoms with Crippen molar-refractivity contribution in [3.8, 4) is 5.75 Å². The van der Waals surface area contributed by atoms with Gasteiger partial charge in [0.15, 0.2) is 0 Å². The minimum absolute atomic E-state index is 0.110. The number of hydrogen-bond donors (Lipinski definition) is 2. The highest BCUT2D eigenvalue weighted by molar-refractivity contribution is 8.18. The molecule has 1 aliphatic rings. The van der Waals surface area contributed by atoms with E-state index in [0.717, 1.165) is 16.7 Å². The van der Waals surface area contributed by atoms with Crippen LogP contribution in [-0.2, 0) is 9.59 Å². The van der Waals surface area contributed by atoms with Crippen LogP contribution in [0.1, 0.15) is 5.56 Å². The molecule has 1 aromatic rings. The van der Waals surface area contributed by atoms with Gasteiger partial charge in [0, 0.05) is 0 Å². The Morgan fingerprint density at radius 1 is 1.32 bits per heavy atom. The average molecular weight is 278 g/mol. The largest absolute Gasteiger partial charge is 0.508 e. The molecule has 1 aromatic carbocycles. The van der Waals surface area contributed by atoms with Crippen molar-refractivity contribution in [2.45, 2.75) is 0 Å². The topological polar surface area (TPSA) is 101 Å². The Balaban J connectivity index is 2.23. The first-order chi connectivity index (χ1) is 8.97. The van der Waals surface area contributed by atoms with Crippen molar-refractivity contribution < 1.29 is 19.5 Å². The van der Waals surface area contributed by atoms with Crippen molar-refractivity contribution in [1.29, 1.82) is 0 Å². The number of amides is 3. The van der Waals surface area contributed by atoms with E-state index in [2.05, 4.69) is 0 Å². The fraction of sp³-hybridized carbons (Fsp3) is 0.0833. The van der Waals surface area contributed by atoms with E-state index in [0.29, 0.717) is 5.56 Å². The summed E-state index contributed by atoms with van der Waals surface area (Å²) in [5.41, 5.74) is 5.64. The van der Waals surface area contributed by atoms with E-state index in [1.807, 2.05) is 0 Å². The lowest BCUT2D eigenvalue weighted by atomic mass is 10.2. The number of primary amides is 1. The molecule has 0 spiro atoms. The second-order valence-electron chi connectivity index (χ2n) is 3.83. The van der Waals surface area contributed by atoms with E-state index >= 15 is 0 Å². The smallest absolute Gasteiger partial charge is 0.294 e. The summed E-state index contributed by atoms with van der Waals surface area (Å²) < 4.78 is 0. The summed E-state index contributed by atoms with van der Waals surface area (Å²) in [6.07, 6.45) is 1.52. The highest BCUT2D eigenvalue weighted by Gasteiger charge is 2.35. The molecule has 0 atom stereocenters. The van der Waals surface area contributed by atoms with Gasteiger partial charge >= 0.3 is 0 Å². The second-order valence-corrected chi connectivity index (χ2v) is 4.82. The fourth-order valence-electron chi connectivity index (χ4n) is 1.51. The molecule has 0 radical (unpaired) electrons. The Morgan fingerprint density at radius 3 is 2.53 bits per heavy atom. The van der Waals surface area contributed by atoms with Gasteiger partial charge < -0.3 is 10.8 Å². The molecule has 0 unspecified atom stereocenters. The van der Waals surface area contributed by atoms with Crippen molar-refractivity contribution in [2.24, 2.45) is 5.73 Å². The van der Waals surface area contributed by atoms with Crippen LogP contribution in [-0.4, -0.2) is 33.6 Å². The van der Waals surface area contributed by atoms with Crippen molar-refractivity contribution >= 4 is 34.9 Å². The summed E-state index contributed by atoms with van der Waals surface area (Å²) >= 11 is 0.751. The van der Waals surface area contributed by atoms with Crippen molar-refractivity contribution in [2.75, 3.05) is 6.54 Å². The maximum Gasteiger partial charge on any atom is 0.294 e. The quantitative estimate of drug-likeness (QED) is 0.800. The van der Waals surface area contributed by atoms with E-state index in [9.17, 15) is 14.4 Å². The maximum absolute atomic E-state index is 11.9. The fourth-order valence-corrected chi connectivity index (χ4v) is 2.35. The standard InChI is InChI=1S/C12H10N2O4S/c13-10(16)6-14-11(17)9(19-12(14)18)5-7-1-3-8(15)4-2-7/h1-5,15H,6H2,(H2,13,16)/b9-5-. The summed E-state index contributed by atoms with van der Waals surface area (Å²) in [5, 5.41) is 8.63. The van der Waals surface area contributed by atoms with Crippen LogP contribution in [0.4, 0.5) is 4.79 Å². The predicted molar refractivity (Wildman–Crippen MR) is 70.0 cm³/mol. The lowest BCUT2D eigenvalue weighted by Gasteiger charge is -2.08. The highest BCUT2D eigenvalue weighted by Crippen LogP contribution is 2.32. The number of aromatic hydroxyl groups is 1. The number of thioether (sulfide) groups is 1. The molecule has 6 nitrogen and oxygen atoms in total. The van der Waals surface area contributed by atoms with Crippen LogP contribution in [0.25, 0.3) is 6.08 Å². The second kappa shape index (κ2) is 5.15. The minimum Gasteiger partial charge on any atom is -0.508 e. The maximum atomic E-state index is 11.9. The third kappa shape index (κ3) is 2.94. The Morgan fingerprint density at radius 2 is 1.95 bits per heavy atom. The minimum atomic E-state index is -0.742. The number of rotatable bonds is 3. The van der Waals surface area contributed by atoms with Gasteiger partial charge in [0.25, 0.3) is 11.1 Å². The normalized spacial score (nSPS) is 17.3. The number of hydrogen-bond acceptors (Lipinski definition) is 5. The molecule has 0 saturated carbocycles. The van der Waals surface area contributed by atoms with Gasteiger partial charge in [-0.3, -0.25) is 19.3 Å². The molecule has 0 aliphatic carbocycles. The summed E-state index contributed by atoms with van der Waals surface area (Å²) in [5.74, 6) is -1.17. The van der Waals surface area contributed by atoms with Gasteiger partial charge in [-0.25, -0.2) is 0 Å². The zero-order valence-electron chi connectivity index (χ0n) is 9.70. The van der Waals surface area contributed by atoms with Crippen LogP contribution in [0.15, 0.2) is 29.2 Å². The Kier molecular flexibility index (Phi) is 3.57. The number of nitrogens with two attached hydrogens (primary N) is 1. The summed E-state index contributed by atoms with van der Waals surface area (Å²) in [4.78, 5) is 35.2. The van der Waals surface area contributed by atoms with Gasteiger partial charge in [0.1, 0.15) is 12.3 Å². The first kappa shape index (κ1) is 13.2. The molecule has 0 aromatic heterocycles. The Labute approximate surface area is 112 Å². The first-order valence-electron chi connectivity index (χ1n) is 5.30. The molecule has 2 rings (SSSR count). The summed E-state index contributed by atoms with van der Waals surface area (Å²) in [6.45, 7) is -0.419. The molecule has 19 heavy (non-hydrogen) atoms. The SMILES string of the molecule is NC(=O)CN1C(=O)S/C(=C\c2ccc(O)cc2)C1=O. The molecule has 1 fully saturated rings. The third-order valence-corrected chi connectivity index (χ3v) is 3.29. The summed E-state index contributed by atoms with van der Waals surface area (Å²) in [7, 11) is 0. The van der Waals surface area contributed by atoms with Crippen LogP contribution in [0.5, 0.6) is 5.75 Å². The van der Waals surface area contributed by atoms with E-state index in [-0.39, 0.29) is 10.7 Å². The van der Waals surface area contributed by atoms with Crippen molar-refractivity contribution in [3.63, 3.8) is 0 Å². The number of imide groups is 1. The zero-order valence-corrected chi connectivity index (χ0v) is 10.5. The van der Waals surface area contributed by atoms with Crippen LogP contribution in [0.3, 0.4) is 0 Å². The van der Waals surface area contributed by atoms with Crippen LogP contribution < -0.4 is 5.73 Å². The third-order valence-electron chi connectivity index (χ3n) is 2.38. The molecular weight excluding hydrogens is 268 g/mol. The Bertz CT molecular complexity index is 580. The first-order valence-corrected chi connectivity index (χ1v) is 6.12. The van der Waals surface area contributed by atoms with E-state index in [1.54, 1.807) is 12.1 Å². The zero-order chi connectivity index (χ0) is 14.0. The molecule has 0 bridgehead atoms. The van der Waals surface area contributed by atoms with Gasteiger partial charge in [-0.05, 0) is 35.5 Å². The average Bonchev–Trinajstić information content (AvgIpc) is 2.60. The molecular formula is C12H10N2O4S. The number of phenols is 1. The van der Waals surface area contributed by atoms with Gasteiger partial charge in [0.05, 0.1) is 4.91 Å². The van der Waals surface area contributed by atoms with Crippen molar-refractivity contribution in [3.05, 3.63) is 34.7 Å². The lowest BCUT2D eigenvalue weighted by Crippen LogP contribution is -2.36. The van der Waals surface area contributed by atoms with Crippen molar-refractivity contribution in [1.82, 2.24) is 4.90 Å². The molecule has 98 valence electrons. The van der Waals surface area contributed by atoms with Gasteiger partial charge in [-0.15, -0.1) is 0 Å². The lowest BCUT2D eigenvalue weighted by molar-refractivity contribution is -0.127. The van der Waals surface area contributed by atoms with Crippen LogP contribution in [0.2, 0.25) is 0 Å². The highest BCUT2D eigenvalue weighted by atomic mass is 32.2. The Hall–Kier alpha value is -2.28. The number of carbonyl (C=O) groups excluding carboxylic acids is 3. The molecule has 1 aliphatic heterocycles. The van der Waals surface area contributed by atoms with Gasteiger partial charge in [0.2, 0.25) is 5.91 Å². The predicted octanol–water partition coefficient (Wildman–Crippen LogP) is 0.914. The van der Waals surface area contributed by atoms with Gasteiger partial charge in [-0.1, -0.05) is 12.1 Å². The van der Waals surface area contributed by atoms with Gasteiger partial charge in [-0.2, -0.15) is 0 Å². The molecule has 7 heteroatoms. The van der Waals surface area contributed by atoms with Crippen LogP contribution in [0, 0.1) is 0 Å². The van der Waals surface area contributed by atoms with Crippen LogP contribution >= 0.6 is 11.8 Å². The number of phenolic OH excluding ortho intramolecular Hbond substituents is 1. The number of carbonyl (C=O) groups is 3. The van der Waals surface area contributed by atoms with E-state index in [1.165, 1.54) is 18.2 Å². The molecule has 3 N–H and O–H groups in total.